The van der Waals surface area contributed by atoms with Crippen molar-refractivity contribution in [3.05, 3.63) is 24.3 Å². The molecule has 0 spiro atoms. The van der Waals surface area contributed by atoms with Gasteiger partial charge in [-0.25, -0.2) is 4.79 Å². The van der Waals surface area contributed by atoms with Crippen LogP contribution in [0.4, 0.5) is 16.2 Å². The summed E-state index contributed by atoms with van der Waals surface area (Å²) < 4.78 is 5.52. The third kappa shape index (κ3) is 3.84. The van der Waals surface area contributed by atoms with Gasteiger partial charge in [-0.3, -0.25) is 4.90 Å². The summed E-state index contributed by atoms with van der Waals surface area (Å²) in [5.41, 5.74) is 6.87. The van der Waals surface area contributed by atoms with Crippen LogP contribution in [0.1, 0.15) is 34.6 Å². The molecule has 1 amide bonds. The van der Waals surface area contributed by atoms with Crippen LogP contribution in [0.25, 0.3) is 0 Å². The lowest BCUT2D eigenvalue weighted by Gasteiger charge is -2.47. The second-order valence-electron chi connectivity index (χ2n) is 7.46. The summed E-state index contributed by atoms with van der Waals surface area (Å²) in [4.78, 5) is 16.5. The molecular formula is C17H27N3O2. The van der Waals surface area contributed by atoms with E-state index in [2.05, 4.69) is 18.7 Å². The van der Waals surface area contributed by atoms with Gasteiger partial charge in [0.2, 0.25) is 0 Å². The monoisotopic (exact) mass is 305 g/mol. The number of nitrogen functional groups attached to an aromatic ring is 1. The van der Waals surface area contributed by atoms with Gasteiger partial charge in [-0.05, 0) is 58.9 Å². The predicted molar refractivity (Wildman–Crippen MR) is 90.1 cm³/mol. The summed E-state index contributed by atoms with van der Waals surface area (Å²) in [5.74, 6) is 0. The lowest BCUT2D eigenvalue weighted by Crippen LogP contribution is -2.61. The van der Waals surface area contributed by atoms with E-state index in [0.29, 0.717) is 6.54 Å². The number of piperazine rings is 1. The first-order valence-electron chi connectivity index (χ1n) is 7.70. The molecule has 0 aliphatic carbocycles. The van der Waals surface area contributed by atoms with E-state index in [0.717, 1.165) is 24.5 Å². The summed E-state index contributed by atoms with van der Waals surface area (Å²) in [5, 5.41) is 0. The molecule has 1 saturated heterocycles. The molecule has 0 atom stereocenters. The Labute approximate surface area is 133 Å². The van der Waals surface area contributed by atoms with Crippen molar-refractivity contribution in [3.8, 4) is 0 Å². The van der Waals surface area contributed by atoms with Gasteiger partial charge >= 0.3 is 6.09 Å². The van der Waals surface area contributed by atoms with Gasteiger partial charge in [0.1, 0.15) is 5.60 Å². The maximum absolute atomic E-state index is 12.4. The minimum atomic E-state index is -0.471. The summed E-state index contributed by atoms with van der Waals surface area (Å²) in [7, 11) is 0. The maximum atomic E-state index is 12.4. The van der Waals surface area contributed by atoms with E-state index in [1.807, 2.05) is 49.9 Å². The number of hydrogen-bond acceptors (Lipinski definition) is 4. The van der Waals surface area contributed by atoms with Crippen LogP contribution in [-0.4, -0.2) is 41.8 Å². The van der Waals surface area contributed by atoms with Gasteiger partial charge in [0, 0.05) is 31.0 Å². The number of nitrogens with two attached hydrogens (primary N) is 1. The van der Waals surface area contributed by atoms with Crippen LogP contribution >= 0.6 is 0 Å². The molecule has 0 radical (unpaired) electrons. The quantitative estimate of drug-likeness (QED) is 0.810. The summed E-state index contributed by atoms with van der Waals surface area (Å²) in [6, 6.07) is 7.86. The largest absolute Gasteiger partial charge is 0.444 e. The highest BCUT2D eigenvalue weighted by molar-refractivity contribution is 5.70. The standard InChI is InChI=1S/C17H27N3O2/c1-16(2,3)22-15(21)20-11-10-19(12-17(20,4)5)14-8-6-13(18)7-9-14/h6-9H,10-12,18H2,1-5H3. The molecule has 22 heavy (non-hydrogen) atoms. The molecule has 1 fully saturated rings. The highest BCUT2D eigenvalue weighted by Crippen LogP contribution is 2.27. The normalized spacial score (nSPS) is 18.2. The number of nitrogens with zero attached hydrogens (tertiary/aromatic N) is 2. The lowest BCUT2D eigenvalue weighted by atomic mass is 9.99. The first kappa shape index (κ1) is 16.5. The molecule has 1 heterocycles. The van der Waals surface area contributed by atoms with E-state index in [9.17, 15) is 4.79 Å². The molecule has 0 unspecified atom stereocenters. The van der Waals surface area contributed by atoms with Gasteiger partial charge in [0.25, 0.3) is 0 Å². The molecule has 122 valence electrons. The van der Waals surface area contributed by atoms with Crippen LogP contribution in [0.3, 0.4) is 0 Å². The molecule has 0 aromatic heterocycles. The van der Waals surface area contributed by atoms with E-state index < -0.39 is 5.60 Å². The van der Waals surface area contributed by atoms with Crippen molar-refractivity contribution >= 4 is 17.5 Å². The average Bonchev–Trinajstić information content (AvgIpc) is 2.36. The van der Waals surface area contributed by atoms with Gasteiger partial charge in [-0.1, -0.05) is 0 Å². The van der Waals surface area contributed by atoms with E-state index in [1.165, 1.54) is 0 Å². The lowest BCUT2D eigenvalue weighted by molar-refractivity contribution is 0.000381. The summed E-state index contributed by atoms with van der Waals surface area (Å²) in [6.07, 6.45) is -0.241. The topological polar surface area (TPSA) is 58.8 Å². The van der Waals surface area contributed by atoms with Crippen LogP contribution in [0.2, 0.25) is 0 Å². The average molecular weight is 305 g/mol. The van der Waals surface area contributed by atoms with E-state index in [-0.39, 0.29) is 11.6 Å². The number of amides is 1. The Balaban J connectivity index is 2.09. The van der Waals surface area contributed by atoms with Gasteiger partial charge in [0.15, 0.2) is 0 Å². The molecule has 1 aliphatic heterocycles. The molecule has 5 heteroatoms. The number of anilines is 2. The predicted octanol–water partition coefficient (Wildman–Crippen LogP) is 3.10. The SMILES string of the molecule is CC(C)(C)OC(=O)N1CCN(c2ccc(N)cc2)CC1(C)C. The van der Waals surface area contributed by atoms with E-state index in [4.69, 9.17) is 10.5 Å². The molecule has 2 N–H and O–H groups in total. The molecular weight excluding hydrogens is 278 g/mol. The second kappa shape index (κ2) is 5.71. The number of ether oxygens (including phenoxy) is 1. The second-order valence-corrected chi connectivity index (χ2v) is 7.46. The fourth-order valence-corrected chi connectivity index (χ4v) is 2.72. The molecule has 1 aromatic carbocycles. The zero-order valence-electron chi connectivity index (χ0n) is 14.2. The highest BCUT2D eigenvalue weighted by atomic mass is 16.6. The number of hydrogen-bond donors (Lipinski definition) is 1. The molecule has 1 aromatic rings. The number of carbonyl (C=O) groups excluding carboxylic acids is 1. The zero-order chi connectivity index (χ0) is 16.5. The van der Waals surface area contributed by atoms with Crippen LogP contribution in [-0.2, 0) is 4.74 Å². The van der Waals surface area contributed by atoms with Crippen LogP contribution in [0.15, 0.2) is 24.3 Å². The minimum Gasteiger partial charge on any atom is -0.444 e. The fourth-order valence-electron chi connectivity index (χ4n) is 2.72. The number of rotatable bonds is 1. The Bertz CT molecular complexity index is 532. The summed E-state index contributed by atoms with van der Waals surface area (Å²) in [6.45, 7) is 12.0. The van der Waals surface area contributed by atoms with Crippen LogP contribution < -0.4 is 10.6 Å². The van der Waals surface area contributed by atoms with Crippen molar-refractivity contribution in [2.75, 3.05) is 30.3 Å². The Kier molecular flexibility index (Phi) is 4.27. The number of carbonyl (C=O) groups is 1. The maximum Gasteiger partial charge on any atom is 0.410 e. The highest BCUT2D eigenvalue weighted by Gasteiger charge is 2.38. The Morgan fingerprint density at radius 2 is 1.77 bits per heavy atom. The minimum absolute atomic E-state index is 0.241. The van der Waals surface area contributed by atoms with Crippen molar-refractivity contribution in [2.24, 2.45) is 0 Å². The van der Waals surface area contributed by atoms with Gasteiger partial charge in [0.05, 0.1) is 5.54 Å². The van der Waals surface area contributed by atoms with Gasteiger partial charge in [-0.15, -0.1) is 0 Å². The number of benzene rings is 1. The zero-order valence-corrected chi connectivity index (χ0v) is 14.2. The molecule has 0 saturated carbocycles. The Morgan fingerprint density at radius 1 is 1.18 bits per heavy atom. The molecule has 2 rings (SSSR count). The fraction of sp³-hybridized carbons (Fsp3) is 0.588. The summed E-state index contributed by atoms with van der Waals surface area (Å²) >= 11 is 0. The van der Waals surface area contributed by atoms with Crippen molar-refractivity contribution in [3.63, 3.8) is 0 Å². The third-order valence-corrected chi connectivity index (χ3v) is 3.77. The van der Waals surface area contributed by atoms with Gasteiger partial charge < -0.3 is 15.4 Å². The first-order chi connectivity index (χ1) is 10.1. The van der Waals surface area contributed by atoms with Crippen LogP contribution in [0.5, 0.6) is 0 Å². The van der Waals surface area contributed by atoms with E-state index in [1.54, 1.807) is 0 Å². The first-order valence-corrected chi connectivity index (χ1v) is 7.70. The smallest absolute Gasteiger partial charge is 0.410 e. The van der Waals surface area contributed by atoms with Crippen LogP contribution in [0, 0.1) is 0 Å². The van der Waals surface area contributed by atoms with Crippen molar-refractivity contribution in [1.82, 2.24) is 4.90 Å². The van der Waals surface area contributed by atoms with Crippen molar-refractivity contribution in [1.29, 1.82) is 0 Å². The Morgan fingerprint density at radius 3 is 2.27 bits per heavy atom. The third-order valence-electron chi connectivity index (χ3n) is 3.77. The van der Waals surface area contributed by atoms with E-state index >= 15 is 0 Å². The molecule has 0 bridgehead atoms. The van der Waals surface area contributed by atoms with Crippen molar-refractivity contribution < 1.29 is 9.53 Å². The van der Waals surface area contributed by atoms with Gasteiger partial charge in [-0.2, -0.15) is 0 Å². The molecule has 5 nitrogen and oxygen atoms in total. The Hall–Kier alpha value is -1.91. The van der Waals surface area contributed by atoms with Crippen molar-refractivity contribution in [2.45, 2.75) is 45.8 Å². The molecule has 1 aliphatic rings.